The Morgan fingerprint density at radius 3 is 2.53 bits per heavy atom. The Balaban J connectivity index is 2.09. The molecule has 4 heteroatoms. The number of nitrogens with zero attached hydrogens (tertiary/aromatic N) is 1. The summed E-state index contributed by atoms with van der Waals surface area (Å²) in [6.07, 6.45) is 0. The van der Waals surface area contributed by atoms with E-state index in [0.29, 0.717) is 17.8 Å². The van der Waals surface area contributed by atoms with Crippen molar-refractivity contribution in [1.82, 2.24) is 4.98 Å². The SMILES string of the molecule is CC(C)C(CNc1nc2cc(F)ccc2s1)C(C)C. The van der Waals surface area contributed by atoms with Crippen LogP contribution in [0, 0.1) is 23.6 Å². The predicted molar refractivity (Wildman–Crippen MR) is 81.2 cm³/mol. The molecule has 0 spiro atoms. The number of thiazole rings is 1. The van der Waals surface area contributed by atoms with Gasteiger partial charge in [-0.25, -0.2) is 9.37 Å². The molecule has 0 saturated carbocycles. The summed E-state index contributed by atoms with van der Waals surface area (Å²) in [6.45, 7) is 9.91. The van der Waals surface area contributed by atoms with Crippen LogP contribution in [-0.2, 0) is 0 Å². The zero-order chi connectivity index (χ0) is 14.0. The molecule has 2 rings (SSSR count). The second-order valence-electron chi connectivity index (χ2n) is 5.66. The molecule has 0 saturated heterocycles. The zero-order valence-electron chi connectivity index (χ0n) is 11.9. The van der Waals surface area contributed by atoms with E-state index in [4.69, 9.17) is 0 Å². The average molecular weight is 280 g/mol. The lowest BCUT2D eigenvalue weighted by atomic mass is 9.86. The second kappa shape index (κ2) is 5.87. The van der Waals surface area contributed by atoms with Gasteiger partial charge in [0.15, 0.2) is 5.13 Å². The summed E-state index contributed by atoms with van der Waals surface area (Å²) in [5.74, 6) is 1.66. The number of rotatable bonds is 5. The van der Waals surface area contributed by atoms with Crippen LogP contribution >= 0.6 is 11.3 Å². The number of fused-ring (bicyclic) bond motifs is 1. The van der Waals surface area contributed by atoms with Gasteiger partial charge >= 0.3 is 0 Å². The Kier molecular flexibility index (Phi) is 4.40. The van der Waals surface area contributed by atoms with Gasteiger partial charge in [0.25, 0.3) is 0 Å². The minimum Gasteiger partial charge on any atom is -0.361 e. The van der Waals surface area contributed by atoms with Crippen molar-refractivity contribution in [3.8, 4) is 0 Å². The lowest BCUT2D eigenvalue weighted by Crippen LogP contribution is -2.24. The van der Waals surface area contributed by atoms with E-state index in [-0.39, 0.29) is 5.82 Å². The number of nitrogens with one attached hydrogen (secondary N) is 1. The van der Waals surface area contributed by atoms with Crippen molar-refractivity contribution in [2.45, 2.75) is 27.7 Å². The number of aromatic nitrogens is 1. The van der Waals surface area contributed by atoms with Crippen LogP contribution in [0.1, 0.15) is 27.7 Å². The molecule has 1 N–H and O–H groups in total. The van der Waals surface area contributed by atoms with Crippen molar-refractivity contribution >= 4 is 26.7 Å². The van der Waals surface area contributed by atoms with Gasteiger partial charge in [0.05, 0.1) is 10.2 Å². The van der Waals surface area contributed by atoms with Crippen LogP contribution in [0.15, 0.2) is 18.2 Å². The molecule has 2 aromatic rings. The van der Waals surface area contributed by atoms with Gasteiger partial charge < -0.3 is 5.32 Å². The molecule has 1 heterocycles. The molecule has 0 aliphatic carbocycles. The first-order valence-corrected chi connectivity index (χ1v) is 7.59. The molecule has 0 aliphatic rings. The molecule has 0 bridgehead atoms. The first-order chi connectivity index (χ1) is 8.97. The number of hydrogen-bond donors (Lipinski definition) is 1. The molecule has 0 amide bonds. The van der Waals surface area contributed by atoms with E-state index in [1.54, 1.807) is 17.4 Å². The first-order valence-electron chi connectivity index (χ1n) is 6.77. The molecular formula is C15H21FN2S. The summed E-state index contributed by atoms with van der Waals surface area (Å²) >= 11 is 1.58. The van der Waals surface area contributed by atoms with Crippen LogP contribution in [-0.4, -0.2) is 11.5 Å². The monoisotopic (exact) mass is 280 g/mol. The van der Waals surface area contributed by atoms with E-state index < -0.39 is 0 Å². The Hall–Kier alpha value is -1.16. The van der Waals surface area contributed by atoms with Crippen molar-refractivity contribution in [2.75, 3.05) is 11.9 Å². The van der Waals surface area contributed by atoms with Crippen molar-refractivity contribution < 1.29 is 4.39 Å². The van der Waals surface area contributed by atoms with Crippen molar-refractivity contribution in [1.29, 1.82) is 0 Å². The summed E-state index contributed by atoms with van der Waals surface area (Å²) in [4.78, 5) is 4.43. The van der Waals surface area contributed by atoms with Crippen LogP contribution in [0.4, 0.5) is 9.52 Å². The van der Waals surface area contributed by atoms with Crippen molar-refractivity contribution in [3.63, 3.8) is 0 Å². The fourth-order valence-electron chi connectivity index (χ4n) is 2.42. The molecule has 0 radical (unpaired) electrons. The number of halogens is 1. The van der Waals surface area contributed by atoms with Crippen molar-refractivity contribution in [2.24, 2.45) is 17.8 Å². The summed E-state index contributed by atoms with van der Waals surface area (Å²) < 4.78 is 14.1. The lowest BCUT2D eigenvalue weighted by Gasteiger charge is -2.24. The van der Waals surface area contributed by atoms with Gasteiger partial charge in [0.2, 0.25) is 0 Å². The summed E-state index contributed by atoms with van der Waals surface area (Å²) in [5.41, 5.74) is 0.734. The van der Waals surface area contributed by atoms with Crippen LogP contribution in [0.3, 0.4) is 0 Å². The highest BCUT2D eigenvalue weighted by Gasteiger charge is 2.17. The van der Waals surface area contributed by atoms with Crippen LogP contribution < -0.4 is 5.32 Å². The Morgan fingerprint density at radius 2 is 1.89 bits per heavy atom. The highest BCUT2D eigenvalue weighted by atomic mass is 32.1. The quantitative estimate of drug-likeness (QED) is 0.853. The van der Waals surface area contributed by atoms with Gasteiger partial charge in [-0.2, -0.15) is 0 Å². The predicted octanol–water partition coefficient (Wildman–Crippen LogP) is 4.78. The summed E-state index contributed by atoms with van der Waals surface area (Å²) in [6, 6.07) is 4.75. The third-order valence-electron chi connectivity index (χ3n) is 3.55. The largest absolute Gasteiger partial charge is 0.361 e. The smallest absolute Gasteiger partial charge is 0.183 e. The summed E-state index contributed by atoms with van der Waals surface area (Å²) in [5, 5.41) is 4.28. The highest BCUT2D eigenvalue weighted by molar-refractivity contribution is 7.22. The topological polar surface area (TPSA) is 24.9 Å². The second-order valence-corrected chi connectivity index (χ2v) is 6.69. The normalized spacial score (nSPS) is 12.0. The minimum absolute atomic E-state index is 0.230. The molecule has 1 aromatic heterocycles. The van der Waals surface area contributed by atoms with Gasteiger partial charge in [0, 0.05) is 12.6 Å². The minimum atomic E-state index is -0.230. The average Bonchev–Trinajstić information content (AvgIpc) is 2.70. The van der Waals surface area contributed by atoms with Crippen molar-refractivity contribution in [3.05, 3.63) is 24.0 Å². The first kappa shape index (κ1) is 14.3. The van der Waals surface area contributed by atoms with E-state index in [1.807, 2.05) is 0 Å². The molecule has 19 heavy (non-hydrogen) atoms. The van der Waals surface area contributed by atoms with Crippen LogP contribution in [0.5, 0.6) is 0 Å². The molecule has 1 aromatic carbocycles. The Morgan fingerprint density at radius 1 is 1.21 bits per heavy atom. The van der Waals surface area contributed by atoms with Gasteiger partial charge in [-0.3, -0.25) is 0 Å². The Bertz CT molecular complexity index is 540. The molecular weight excluding hydrogens is 259 g/mol. The van der Waals surface area contributed by atoms with E-state index in [2.05, 4.69) is 38.0 Å². The number of anilines is 1. The molecule has 0 fully saturated rings. The van der Waals surface area contributed by atoms with E-state index in [0.717, 1.165) is 21.9 Å². The van der Waals surface area contributed by atoms with Crippen LogP contribution in [0.2, 0.25) is 0 Å². The number of hydrogen-bond acceptors (Lipinski definition) is 3. The maximum absolute atomic E-state index is 13.1. The zero-order valence-corrected chi connectivity index (χ0v) is 12.7. The maximum atomic E-state index is 13.1. The summed E-state index contributed by atoms with van der Waals surface area (Å²) in [7, 11) is 0. The fourth-order valence-corrected chi connectivity index (χ4v) is 3.28. The molecule has 0 atom stereocenters. The third-order valence-corrected chi connectivity index (χ3v) is 4.55. The van der Waals surface area contributed by atoms with Crippen LogP contribution in [0.25, 0.3) is 10.2 Å². The van der Waals surface area contributed by atoms with E-state index >= 15 is 0 Å². The molecule has 0 aliphatic heterocycles. The molecule has 104 valence electrons. The van der Waals surface area contributed by atoms with Gasteiger partial charge in [-0.15, -0.1) is 0 Å². The number of benzene rings is 1. The highest BCUT2D eigenvalue weighted by Crippen LogP contribution is 2.28. The fraction of sp³-hybridized carbons (Fsp3) is 0.533. The molecule has 2 nitrogen and oxygen atoms in total. The third kappa shape index (κ3) is 3.44. The lowest BCUT2D eigenvalue weighted by molar-refractivity contribution is 0.304. The Labute approximate surface area is 118 Å². The van der Waals surface area contributed by atoms with E-state index in [1.165, 1.54) is 12.1 Å². The van der Waals surface area contributed by atoms with Gasteiger partial charge in [-0.1, -0.05) is 39.0 Å². The van der Waals surface area contributed by atoms with E-state index in [9.17, 15) is 4.39 Å². The maximum Gasteiger partial charge on any atom is 0.183 e. The van der Waals surface area contributed by atoms with Gasteiger partial charge in [0.1, 0.15) is 5.82 Å². The standard InChI is InChI=1S/C15H21FN2S/c1-9(2)12(10(3)4)8-17-15-18-13-7-11(16)5-6-14(13)19-15/h5-7,9-10,12H,8H2,1-4H3,(H,17,18). The molecule has 0 unspecified atom stereocenters. The van der Waals surface area contributed by atoms with Gasteiger partial charge in [-0.05, 0) is 29.9 Å².